The molecule has 6 heteroatoms. The molecule has 2 N–H and O–H groups in total. The third-order valence-corrected chi connectivity index (χ3v) is 4.61. The Morgan fingerprint density at radius 1 is 0.812 bits per heavy atom. The summed E-state index contributed by atoms with van der Waals surface area (Å²) >= 11 is 0. The maximum atomic E-state index is 11.5. The van der Waals surface area contributed by atoms with Crippen LogP contribution in [0, 0.1) is 0 Å². The van der Waals surface area contributed by atoms with E-state index < -0.39 is 0 Å². The molecule has 0 amide bonds. The number of hydrogen-bond donors (Lipinski definition) is 2. The molecular weight excluding hydrogens is 400 g/mol. The lowest BCUT2D eigenvalue weighted by molar-refractivity contribution is -0.114. The van der Waals surface area contributed by atoms with Crippen molar-refractivity contribution in [3.8, 4) is 11.5 Å². The summed E-state index contributed by atoms with van der Waals surface area (Å²) in [5.74, 6) is 2.86. The molecular formula is C26H22N4O2. The standard InChI is InChI=1S/C26H22N4O2/c1-2-22(31)16-19-8-10-20(11-9-19)29-25-17-26(28-18-27-25)30-21-12-14-24(15-13-21)32-23-6-4-3-5-7-23/h2-15,17-18H,1,16H2,(H2,27,28,29,30). The Morgan fingerprint density at radius 2 is 1.38 bits per heavy atom. The van der Waals surface area contributed by atoms with E-state index in [9.17, 15) is 4.79 Å². The largest absolute Gasteiger partial charge is 0.457 e. The van der Waals surface area contributed by atoms with E-state index in [-0.39, 0.29) is 5.78 Å². The Bertz CT molecular complexity index is 1190. The lowest BCUT2D eigenvalue weighted by atomic mass is 10.1. The Balaban J connectivity index is 1.37. The van der Waals surface area contributed by atoms with E-state index in [1.807, 2.05) is 84.9 Å². The molecule has 0 aliphatic rings. The van der Waals surface area contributed by atoms with E-state index in [0.29, 0.717) is 18.1 Å². The number of ether oxygens (including phenoxy) is 1. The number of rotatable bonds is 9. The van der Waals surface area contributed by atoms with Gasteiger partial charge in [-0.05, 0) is 60.2 Å². The van der Waals surface area contributed by atoms with Gasteiger partial charge in [0.2, 0.25) is 0 Å². The molecule has 0 saturated heterocycles. The minimum atomic E-state index is -0.00288. The molecule has 3 aromatic carbocycles. The Labute approximate surface area is 186 Å². The minimum absolute atomic E-state index is 0.00288. The van der Waals surface area contributed by atoms with E-state index in [0.717, 1.165) is 28.4 Å². The highest BCUT2D eigenvalue weighted by Gasteiger charge is 2.04. The van der Waals surface area contributed by atoms with Crippen molar-refractivity contribution in [2.45, 2.75) is 6.42 Å². The first-order valence-corrected chi connectivity index (χ1v) is 10.1. The van der Waals surface area contributed by atoms with Crippen LogP contribution in [0.1, 0.15) is 5.56 Å². The highest BCUT2D eigenvalue weighted by molar-refractivity contribution is 5.90. The second-order valence-corrected chi connectivity index (χ2v) is 7.02. The van der Waals surface area contributed by atoms with Crippen LogP contribution in [-0.2, 0) is 11.2 Å². The van der Waals surface area contributed by atoms with Crippen molar-refractivity contribution in [3.63, 3.8) is 0 Å². The molecule has 1 heterocycles. The molecule has 158 valence electrons. The Hall–Kier alpha value is -4.45. The number of aromatic nitrogens is 2. The SMILES string of the molecule is C=CC(=O)Cc1ccc(Nc2cc(Nc3ccc(Oc4ccccc4)cc3)ncn2)cc1. The monoisotopic (exact) mass is 422 g/mol. The molecule has 0 bridgehead atoms. The van der Waals surface area contributed by atoms with Gasteiger partial charge in [0.05, 0.1) is 0 Å². The van der Waals surface area contributed by atoms with Gasteiger partial charge in [-0.15, -0.1) is 0 Å². The predicted octanol–water partition coefficient (Wildman–Crippen LogP) is 6.05. The first-order chi connectivity index (χ1) is 15.7. The normalized spacial score (nSPS) is 10.2. The van der Waals surface area contributed by atoms with E-state index in [1.165, 1.54) is 12.4 Å². The van der Waals surface area contributed by atoms with E-state index in [2.05, 4.69) is 27.2 Å². The van der Waals surface area contributed by atoms with Crippen LogP contribution in [0.3, 0.4) is 0 Å². The number of benzene rings is 3. The molecule has 0 unspecified atom stereocenters. The summed E-state index contributed by atoms with van der Waals surface area (Å²) in [6.07, 6.45) is 3.18. The van der Waals surface area contributed by atoms with Gasteiger partial charge in [-0.2, -0.15) is 0 Å². The second-order valence-electron chi connectivity index (χ2n) is 7.02. The van der Waals surface area contributed by atoms with Gasteiger partial charge < -0.3 is 15.4 Å². The summed E-state index contributed by atoms with van der Waals surface area (Å²) in [5.41, 5.74) is 2.68. The fourth-order valence-corrected chi connectivity index (χ4v) is 3.00. The van der Waals surface area contributed by atoms with Crippen molar-refractivity contribution in [1.82, 2.24) is 9.97 Å². The molecule has 0 fully saturated rings. The lowest BCUT2D eigenvalue weighted by Crippen LogP contribution is -2.00. The molecule has 1 aromatic heterocycles. The molecule has 0 radical (unpaired) electrons. The van der Waals surface area contributed by atoms with Gasteiger partial charge in [-0.1, -0.05) is 36.9 Å². The van der Waals surface area contributed by atoms with Crippen LogP contribution < -0.4 is 15.4 Å². The predicted molar refractivity (Wildman–Crippen MR) is 127 cm³/mol. The van der Waals surface area contributed by atoms with Gasteiger partial charge in [0.1, 0.15) is 29.5 Å². The number of anilines is 4. The maximum absolute atomic E-state index is 11.5. The number of ketones is 1. The summed E-state index contributed by atoms with van der Waals surface area (Å²) < 4.78 is 5.82. The zero-order valence-electron chi connectivity index (χ0n) is 17.4. The van der Waals surface area contributed by atoms with Crippen molar-refractivity contribution in [1.29, 1.82) is 0 Å². The van der Waals surface area contributed by atoms with Gasteiger partial charge in [-0.3, -0.25) is 4.79 Å². The first kappa shape index (κ1) is 20.8. The van der Waals surface area contributed by atoms with E-state index >= 15 is 0 Å². The molecule has 0 spiro atoms. The van der Waals surface area contributed by atoms with Crippen LogP contribution in [0.4, 0.5) is 23.0 Å². The molecule has 32 heavy (non-hydrogen) atoms. The third-order valence-electron chi connectivity index (χ3n) is 4.61. The number of hydrogen-bond acceptors (Lipinski definition) is 6. The van der Waals surface area contributed by atoms with Gasteiger partial charge in [0.25, 0.3) is 0 Å². The smallest absolute Gasteiger partial charge is 0.159 e. The number of nitrogens with one attached hydrogen (secondary N) is 2. The minimum Gasteiger partial charge on any atom is -0.457 e. The van der Waals surface area contributed by atoms with Crippen LogP contribution in [0.15, 0.2) is 104 Å². The average Bonchev–Trinajstić information content (AvgIpc) is 2.82. The van der Waals surface area contributed by atoms with Crippen LogP contribution >= 0.6 is 0 Å². The van der Waals surface area contributed by atoms with Crippen LogP contribution in [0.25, 0.3) is 0 Å². The lowest BCUT2D eigenvalue weighted by Gasteiger charge is -2.10. The zero-order chi connectivity index (χ0) is 22.2. The van der Waals surface area contributed by atoms with Crippen LogP contribution in [0.5, 0.6) is 11.5 Å². The summed E-state index contributed by atoms with van der Waals surface area (Å²) in [4.78, 5) is 20.0. The van der Waals surface area contributed by atoms with Gasteiger partial charge in [0, 0.05) is 23.9 Å². The topological polar surface area (TPSA) is 76.1 Å². The van der Waals surface area contributed by atoms with Gasteiger partial charge in [-0.25, -0.2) is 9.97 Å². The highest BCUT2D eigenvalue weighted by atomic mass is 16.5. The average molecular weight is 422 g/mol. The Kier molecular flexibility index (Phi) is 6.53. The molecule has 6 nitrogen and oxygen atoms in total. The molecule has 0 saturated carbocycles. The highest BCUT2D eigenvalue weighted by Crippen LogP contribution is 2.25. The molecule has 4 rings (SSSR count). The summed E-state index contributed by atoms with van der Waals surface area (Å²) in [6.45, 7) is 3.50. The summed E-state index contributed by atoms with van der Waals surface area (Å²) in [5, 5.41) is 6.51. The van der Waals surface area contributed by atoms with Gasteiger partial charge in [0.15, 0.2) is 5.78 Å². The molecule has 0 atom stereocenters. The number of carbonyl (C=O) groups excluding carboxylic acids is 1. The van der Waals surface area contributed by atoms with Crippen LogP contribution in [0.2, 0.25) is 0 Å². The molecule has 0 aliphatic carbocycles. The molecule has 0 aliphatic heterocycles. The third kappa shape index (κ3) is 5.79. The summed E-state index contributed by atoms with van der Waals surface area (Å²) in [7, 11) is 0. The van der Waals surface area contributed by atoms with Crippen molar-refractivity contribution in [3.05, 3.63) is 109 Å². The van der Waals surface area contributed by atoms with E-state index in [4.69, 9.17) is 4.74 Å². The van der Waals surface area contributed by atoms with Crippen molar-refractivity contribution < 1.29 is 9.53 Å². The number of para-hydroxylation sites is 1. The maximum Gasteiger partial charge on any atom is 0.159 e. The first-order valence-electron chi connectivity index (χ1n) is 10.1. The van der Waals surface area contributed by atoms with Crippen molar-refractivity contribution in [2.24, 2.45) is 0 Å². The fraction of sp³-hybridized carbons (Fsp3) is 0.0385. The Morgan fingerprint density at radius 3 is 1.97 bits per heavy atom. The fourth-order valence-electron chi connectivity index (χ4n) is 3.00. The number of allylic oxidation sites excluding steroid dienone is 1. The van der Waals surface area contributed by atoms with Gasteiger partial charge >= 0.3 is 0 Å². The molecule has 4 aromatic rings. The van der Waals surface area contributed by atoms with E-state index in [1.54, 1.807) is 0 Å². The summed E-state index contributed by atoms with van der Waals surface area (Å²) in [6, 6.07) is 26.7. The zero-order valence-corrected chi connectivity index (χ0v) is 17.4. The number of carbonyl (C=O) groups is 1. The van der Waals surface area contributed by atoms with Crippen molar-refractivity contribution in [2.75, 3.05) is 10.6 Å². The van der Waals surface area contributed by atoms with Crippen molar-refractivity contribution >= 4 is 28.8 Å². The number of nitrogens with zero attached hydrogens (tertiary/aromatic N) is 2. The second kappa shape index (κ2) is 10.0. The van der Waals surface area contributed by atoms with Crippen LogP contribution in [-0.4, -0.2) is 15.8 Å². The quantitative estimate of drug-likeness (QED) is 0.320.